The molecular formula is C16H20N2O2S2. The zero-order valence-electron chi connectivity index (χ0n) is 13.0. The van der Waals surface area contributed by atoms with Crippen LogP contribution < -0.4 is 10.3 Å². The molecule has 6 heteroatoms. The van der Waals surface area contributed by atoms with Crippen molar-refractivity contribution in [2.24, 2.45) is 0 Å². The van der Waals surface area contributed by atoms with Crippen molar-refractivity contribution in [3.8, 4) is 5.75 Å². The van der Waals surface area contributed by atoms with E-state index in [-0.39, 0.29) is 5.56 Å². The standard InChI is InChI=1S/C16H20N2O2S2/c1-4-5-12-9-15(19)18-16(17-12)22-10-11-6-7-14(21-3)13(8-11)20-2/h6-9H,4-5,10H2,1-3H3,(H,17,18,19). The Kier molecular flexibility index (Phi) is 6.39. The fourth-order valence-corrected chi connectivity index (χ4v) is 3.44. The Balaban J connectivity index is 2.11. The molecule has 0 bridgehead atoms. The van der Waals surface area contributed by atoms with E-state index in [9.17, 15) is 4.79 Å². The Labute approximate surface area is 139 Å². The minimum atomic E-state index is -0.0868. The summed E-state index contributed by atoms with van der Waals surface area (Å²) in [5.74, 6) is 1.62. The van der Waals surface area contributed by atoms with Crippen molar-refractivity contribution in [3.05, 3.63) is 45.9 Å². The fourth-order valence-electron chi connectivity index (χ4n) is 2.06. The molecule has 0 unspecified atom stereocenters. The summed E-state index contributed by atoms with van der Waals surface area (Å²) in [6, 6.07) is 7.75. The van der Waals surface area contributed by atoms with Crippen molar-refractivity contribution in [2.75, 3.05) is 13.4 Å². The number of H-pyrrole nitrogens is 1. The summed E-state index contributed by atoms with van der Waals surface area (Å²) in [5, 5.41) is 0.670. The Morgan fingerprint density at radius 1 is 1.32 bits per heavy atom. The topological polar surface area (TPSA) is 55.0 Å². The van der Waals surface area contributed by atoms with Gasteiger partial charge in [-0.25, -0.2) is 4.98 Å². The lowest BCUT2D eigenvalue weighted by atomic mass is 10.2. The summed E-state index contributed by atoms with van der Waals surface area (Å²) in [6.45, 7) is 2.08. The van der Waals surface area contributed by atoms with Gasteiger partial charge in [-0.3, -0.25) is 4.79 Å². The van der Waals surface area contributed by atoms with Crippen LogP contribution in [0.4, 0.5) is 0 Å². The van der Waals surface area contributed by atoms with Gasteiger partial charge in [0, 0.05) is 22.4 Å². The molecule has 2 rings (SSSR count). The Morgan fingerprint density at radius 2 is 2.14 bits per heavy atom. The molecule has 0 aliphatic carbocycles. The predicted molar refractivity (Wildman–Crippen MR) is 93.2 cm³/mol. The van der Waals surface area contributed by atoms with E-state index in [1.165, 1.54) is 11.8 Å². The van der Waals surface area contributed by atoms with Gasteiger partial charge in [-0.15, -0.1) is 11.8 Å². The summed E-state index contributed by atoms with van der Waals surface area (Å²) >= 11 is 3.19. The first-order valence-corrected chi connectivity index (χ1v) is 9.31. The number of nitrogens with one attached hydrogen (secondary N) is 1. The highest BCUT2D eigenvalue weighted by molar-refractivity contribution is 7.98. The molecular weight excluding hydrogens is 316 g/mol. The second kappa shape index (κ2) is 8.29. The van der Waals surface area contributed by atoms with Crippen molar-refractivity contribution >= 4 is 23.5 Å². The van der Waals surface area contributed by atoms with Gasteiger partial charge in [-0.05, 0) is 30.4 Å². The van der Waals surface area contributed by atoms with Crippen molar-refractivity contribution in [3.63, 3.8) is 0 Å². The van der Waals surface area contributed by atoms with Crippen LogP contribution in [0.5, 0.6) is 5.75 Å². The molecule has 0 spiro atoms. The van der Waals surface area contributed by atoms with E-state index in [2.05, 4.69) is 29.0 Å². The number of aromatic nitrogens is 2. The van der Waals surface area contributed by atoms with Crippen LogP contribution in [0, 0.1) is 0 Å². The van der Waals surface area contributed by atoms with Gasteiger partial charge in [0.2, 0.25) is 0 Å². The number of thioether (sulfide) groups is 2. The third kappa shape index (κ3) is 4.55. The number of rotatable bonds is 7. The number of aromatic amines is 1. The molecule has 0 amide bonds. The summed E-state index contributed by atoms with van der Waals surface area (Å²) in [5.41, 5.74) is 1.91. The zero-order chi connectivity index (χ0) is 15.9. The van der Waals surface area contributed by atoms with E-state index in [0.717, 1.165) is 40.5 Å². The highest BCUT2D eigenvalue weighted by Gasteiger charge is 2.06. The van der Waals surface area contributed by atoms with Crippen LogP contribution in [0.1, 0.15) is 24.6 Å². The molecule has 22 heavy (non-hydrogen) atoms. The SMILES string of the molecule is CCCc1cc(=O)[nH]c(SCc2ccc(SC)c(OC)c2)n1. The Hall–Kier alpha value is -1.40. The minimum absolute atomic E-state index is 0.0868. The van der Waals surface area contributed by atoms with Gasteiger partial charge in [-0.1, -0.05) is 31.2 Å². The van der Waals surface area contributed by atoms with E-state index < -0.39 is 0 Å². The lowest BCUT2D eigenvalue weighted by Gasteiger charge is -2.09. The molecule has 0 radical (unpaired) electrons. The third-order valence-electron chi connectivity index (χ3n) is 3.10. The molecule has 0 aliphatic heterocycles. The molecule has 4 nitrogen and oxygen atoms in total. The van der Waals surface area contributed by atoms with Crippen LogP contribution in [-0.2, 0) is 12.2 Å². The highest BCUT2D eigenvalue weighted by Crippen LogP contribution is 2.30. The number of benzene rings is 1. The van der Waals surface area contributed by atoms with Crippen molar-refractivity contribution in [2.45, 2.75) is 35.6 Å². The number of aryl methyl sites for hydroxylation is 1. The van der Waals surface area contributed by atoms with E-state index in [4.69, 9.17) is 4.74 Å². The average Bonchev–Trinajstić information content (AvgIpc) is 2.52. The van der Waals surface area contributed by atoms with Gasteiger partial charge < -0.3 is 9.72 Å². The van der Waals surface area contributed by atoms with Crippen molar-refractivity contribution < 1.29 is 4.74 Å². The monoisotopic (exact) mass is 336 g/mol. The molecule has 0 fully saturated rings. The molecule has 0 aliphatic rings. The normalized spacial score (nSPS) is 10.7. The van der Waals surface area contributed by atoms with Gasteiger partial charge in [0.15, 0.2) is 5.16 Å². The van der Waals surface area contributed by atoms with Crippen LogP contribution in [0.3, 0.4) is 0 Å². The smallest absolute Gasteiger partial charge is 0.251 e. The molecule has 0 saturated carbocycles. The summed E-state index contributed by atoms with van der Waals surface area (Å²) in [6.07, 6.45) is 3.84. The number of nitrogens with zero attached hydrogens (tertiary/aromatic N) is 1. The van der Waals surface area contributed by atoms with E-state index in [0.29, 0.717) is 5.16 Å². The molecule has 118 valence electrons. The van der Waals surface area contributed by atoms with Crippen LogP contribution in [0.25, 0.3) is 0 Å². The Bertz CT molecular complexity index is 686. The number of methoxy groups -OCH3 is 1. The predicted octanol–water partition coefficient (Wildman–Crippen LogP) is 3.75. The van der Waals surface area contributed by atoms with Crippen molar-refractivity contribution in [1.29, 1.82) is 0 Å². The second-order valence-corrected chi connectivity index (χ2v) is 6.58. The minimum Gasteiger partial charge on any atom is -0.496 e. The number of hydrogen-bond acceptors (Lipinski definition) is 5. The van der Waals surface area contributed by atoms with Crippen molar-refractivity contribution in [1.82, 2.24) is 9.97 Å². The molecule has 2 aromatic rings. The summed E-state index contributed by atoms with van der Waals surface area (Å²) in [4.78, 5) is 20.0. The maximum Gasteiger partial charge on any atom is 0.251 e. The van der Waals surface area contributed by atoms with E-state index in [1.807, 2.05) is 12.3 Å². The van der Waals surface area contributed by atoms with E-state index >= 15 is 0 Å². The molecule has 1 heterocycles. The van der Waals surface area contributed by atoms with Crippen LogP contribution in [-0.4, -0.2) is 23.3 Å². The van der Waals surface area contributed by atoms with Crippen LogP contribution in [0.2, 0.25) is 0 Å². The van der Waals surface area contributed by atoms with Gasteiger partial charge in [0.05, 0.1) is 7.11 Å². The zero-order valence-corrected chi connectivity index (χ0v) is 14.6. The van der Waals surface area contributed by atoms with Gasteiger partial charge in [0.25, 0.3) is 5.56 Å². The van der Waals surface area contributed by atoms with Crippen LogP contribution >= 0.6 is 23.5 Å². The maximum atomic E-state index is 11.6. The Morgan fingerprint density at radius 3 is 2.82 bits per heavy atom. The number of hydrogen-bond donors (Lipinski definition) is 1. The lowest BCUT2D eigenvalue weighted by Crippen LogP contribution is -2.09. The first-order valence-electron chi connectivity index (χ1n) is 7.10. The van der Waals surface area contributed by atoms with Gasteiger partial charge in [-0.2, -0.15) is 0 Å². The molecule has 1 aromatic carbocycles. The van der Waals surface area contributed by atoms with Crippen LogP contribution in [0.15, 0.2) is 39.1 Å². The second-order valence-electron chi connectivity index (χ2n) is 4.77. The fraction of sp³-hybridized carbons (Fsp3) is 0.375. The first-order chi connectivity index (χ1) is 10.7. The summed E-state index contributed by atoms with van der Waals surface area (Å²) in [7, 11) is 1.68. The average molecular weight is 336 g/mol. The van der Waals surface area contributed by atoms with E-state index in [1.54, 1.807) is 24.9 Å². The quantitative estimate of drug-likeness (QED) is 0.616. The largest absolute Gasteiger partial charge is 0.496 e. The van der Waals surface area contributed by atoms with Gasteiger partial charge in [0.1, 0.15) is 5.75 Å². The third-order valence-corrected chi connectivity index (χ3v) is 4.82. The number of ether oxygens (including phenoxy) is 1. The van der Waals surface area contributed by atoms with Gasteiger partial charge >= 0.3 is 0 Å². The molecule has 0 atom stereocenters. The molecule has 0 saturated heterocycles. The first kappa shape index (κ1) is 17.0. The molecule has 1 N–H and O–H groups in total. The lowest BCUT2D eigenvalue weighted by molar-refractivity contribution is 0.404. The highest BCUT2D eigenvalue weighted by atomic mass is 32.2. The maximum absolute atomic E-state index is 11.6. The molecule has 1 aromatic heterocycles. The summed E-state index contributed by atoms with van der Waals surface area (Å²) < 4.78 is 5.40.